The van der Waals surface area contributed by atoms with Crippen LogP contribution in [0.2, 0.25) is 0 Å². The Bertz CT molecular complexity index is 1220. The van der Waals surface area contributed by atoms with Crippen molar-refractivity contribution in [3.63, 3.8) is 0 Å². The summed E-state index contributed by atoms with van der Waals surface area (Å²) < 4.78 is 22.5. The molecule has 0 aliphatic carbocycles. The molecule has 0 amide bonds. The summed E-state index contributed by atoms with van der Waals surface area (Å²) in [6.45, 7) is 2.36. The topological polar surface area (TPSA) is 60.4 Å². The van der Waals surface area contributed by atoms with E-state index in [0.717, 1.165) is 59.5 Å². The number of phenols is 1. The second-order valence-electron chi connectivity index (χ2n) is 9.27. The lowest BCUT2D eigenvalue weighted by Gasteiger charge is -2.36. The Hall–Kier alpha value is -3.48. The first-order valence-electron chi connectivity index (χ1n) is 12.4. The summed E-state index contributed by atoms with van der Waals surface area (Å²) in [5.41, 5.74) is 6.55. The minimum atomic E-state index is -0.135. The standard InChI is InChI=1S/C30H33NO5/c1-33-25-6-4-5-22(17-25)27-19-36-28-18-24(32)11-12-26(28)29(27)20-7-9-23(10-8-20)31-15-13-21(14-16-31)30(34-2)35-3/h4-12,17-18,21,30,32H,13-16,19H2,1-3H3. The summed E-state index contributed by atoms with van der Waals surface area (Å²) >= 11 is 0. The third-order valence-electron chi connectivity index (χ3n) is 7.24. The van der Waals surface area contributed by atoms with Gasteiger partial charge in [-0.1, -0.05) is 24.3 Å². The highest BCUT2D eigenvalue weighted by molar-refractivity contribution is 6.02. The first-order valence-corrected chi connectivity index (χ1v) is 12.4. The van der Waals surface area contributed by atoms with Crippen LogP contribution >= 0.6 is 0 Å². The highest BCUT2D eigenvalue weighted by Gasteiger charge is 2.27. The average Bonchev–Trinajstić information content (AvgIpc) is 2.93. The van der Waals surface area contributed by atoms with Crippen LogP contribution in [0.5, 0.6) is 17.2 Å². The lowest BCUT2D eigenvalue weighted by molar-refractivity contribution is -0.141. The van der Waals surface area contributed by atoms with Crippen molar-refractivity contribution in [2.45, 2.75) is 19.1 Å². The molecular weight excluding hydrogens is 454 g/mol. The zero-order valence-electron chi connectivity index (χ0n) is 21.1. The van der Waals surface area contributed by atoms with Gasteiger partial charge in [-0.2, -0.15) is 0 Å². The van der Waals surface area contributed by atoms with Crippen LogP contribution in [-0.4, -0.2) is 52.4 Å². The zero-order chi connectivity index (χ0) is 25.1. The van der Waals surface area contributed by atoms with Crippen LogP contribution < -0.4 is 14.4 Å². The van der Waals surface area contributed by atoms with Gasteiger partial charge in [0.2, 0.25) is 0 Å². The molecule has 0 saturated carbocycles. The van der Waals surface area contributed by atoms with Crippen molar-refractivity contribution in [1.29, 1.82) is 0 Å². The predicted octanol–water partition coefficient (Wildman–Crippen LogP) is 5.59. The van der Waals surface area contributed by atoms with Crippen LogP contribution in [0.15, 0.2) is 66.7 Å². The number of nitrogens with zero attached hydrogens (tertiary/aromatic N) is 1. The maximum absolute atomic E-state index is 10.0. The molecule has 6 heteroatoms. The zero-order valence-corrected chi connectivity index (χ0v) is 21.1. The van der Waals surface area contributed by atoms with E-state index in [4.69, 9.17) is 18.9 Å². The molecule has 0 unspecified atom stereocenters. The van der Waals surface area contributed by atoms with Crippen molar-refractivity contribution in [1.82, 2.24) is 0 Å². The Labute approximate surface area is 212 Å². The largest absolute Gasteiger partial charge is 0.508 e. The SMILES string of the molecule is COc1cccc(C2=C(c3ccc(N4CCC(C(OC)OC)CC4)cc3)c3ccc(O)cc3OC2)c1. The molecule has 0 bridgehead atoms. The minimum absolute atomic E-state index is 0.135. The molecule has 2 heterocycles. The minimum Gasteiger partial charge on any atom is -0.508 e. The smallest absolute Gasteiger partial charge is 0.159 e. The maximum atomic E-state index is 10.0. The molecule has 0 atom stereocenters. The molecule has 5 rings (SSSR count). The third-order valence-corrected chi connectivity index (χ3v) is 7.24. The molecule has 3 aromatic carbocycles. The Balaban J connectivity index is 1.47. The van der Waals surface area contributed by atoms with E-state index in [-0.39, 0.29) is 12.0 Å². The third kappa shape index (κ3) is 4.79. The molecule has 1 N–H and O–H groups in total. The van der Waals surface area contributed by atoms with Gasteiger partial charge in [-0.15, -0.1) is 0 Å². The summed E-state index contributed by atoms with van der Waals surface area (Å²) in [5, 5.41) is 10.0. The van der Waals surface area contributed by atoms with Gasteiger partial charge in [0.15, 0.2) is 6.29 Å². The number of fused-ring (bicyclic) bond motifs is 1. The van der Waals surface area contributed by atoms with Gasteiger partial charge in [-0.25, -0.2) is 0 Å². The Morgan fingerprint density at radius 3 is 2.33 bits per heavy atom. The fourth-order valence-corrected chi connectivity index (χ4v) is 5.34. The van der Waals surface area contributed by atoms with Crippen molar-refractivity contribution >= 4 is 16.8 Å². The van der Waals surface area contributed by atoms with Gasteiger partial charge in [0.05, 0.1) is 7.11 Å². The number of hydrogen-bond acceptors (Lipinski definition) is 6. The quantitative estimate of drug-likeness (QED) is 0.439. The Kier molecular flexibility index (Phi) is 7.16. The van der Waals surface area contributed by atoms with Gasteiger partial charge in [0, 0.05) is 56.1 Å². The maximum Gasteiger partial charge on any atom is 0.159 e. The van der Waals surface area contributed by atoms with Gasteiger partial charge in [-0.05, 0) is 65.9 Å². The highest BCUT2D eigenvalue weighted by atomic mass is 16.7. The van der Waals surface area contributed by atoms with Gasteiger partial charge in [0.1, 0.15) is 23.9 Å². The number of benzene rings is 3. The van der Waals surface area contributed by atoms with E-state index in [1.54, 1.807) is 33.5 Å². The molecule has 1 saturated heterocycles. The molecule has 3 aromatic rings. The van der Waals surface area contributed by atoms with Crippen LogP contribution in [-0.2, 0) is 9.47 Å². The second-order valence-corrected chi connectivity index (χ2v) is 9.27. The number of hydrogen-bond donors (Lipinski definition) is 1. The molecular formula is C30H33NO5. The van der Waals surface area contributed by atoms with E-state index in [0.29, 0.717) is 18.3 Å². The first-order chi connectivity index (χ1) is 17.6. The molecule has 188 valence electrons. The van der Waals surface area contributed by atoms with E-state index in [9.17, 15) is 5.11 Å². The van der Waals surface area contributed by atoms with E-state index in [1.807, 2.05) is 24.3 Å². The van der Waals surface area contributed by atoms with Gasteiger partial charge < -0.3 is 29.0 Å². The predicted molar refractivity (Wildman–Crippen MR) is 142 cm³/mol. The number of rotatable bonds is 7. The fourth-order valence-electron chi connectivity index (χ4n) is 5.34. The van der Waals surface area contributed by atoms with Gasteiger partial charge >= 0.3 is 0 Å². The van der Waals surface area contributed by atoms with Crippen molar-refractivity contribution in [2.75, 3.05) is 45.9 Å². The average molecular weight is 488 g/mol. The Morgan fingerprint density at radius 2 is 1.64 bits per heavy atom. The molecule has 0 aromatic heterocycles. The first kappa shape index (κ1) is 24.2. The number of piperidine rings is 1. The number of phenolic OH excluding ortho intramolecular Hbond substituents is 1. The van der Waals surface area contributed by atoms with Crippen molar-refractivity contribution < 1.29 is 24.1 Å². The molecule has 2 aliphatic heterocycles. The number of ether oxygens (including phenoxy) is 4. The number of aromatic hydroxyl groups is 1. The van der Waals surface area contributed by atoms with Crippen molar-refractivity contribution in [3.05, 3.63) is 83.4 Å². The van der Waals surface area contributed by atoms with E-state index >= 15 is 0 Å². The molecule has 6 nitrogen and oxygen atoms in total. The molecule has 0 spiro atoms. The Morgan fingerprint density at radius 1 is 0.889 bits per heavy atom. The monoisotopic (exact) mass is 487 g/mol. The highest BCUT2D eigenvalue weighted by Crippen LogP contribution is 2.43. The number of anilines is 1. The lowest BCUT2D eigenvalue weighted by atomic mass is 9.87. The summed E-state index contributed by atoms with van der Waals surface area (Å²) in [6, 6.07) is 22.2. The van der Waals surface area contributed by atoms with Crippen LogP contribution in [0.4, 0.5) is 5.69 Å². The summed E-state index contributed by atoms with van der Waals surface area (Å²) in [5.74, 6) is 2.11. The van der Waals surface area contributed by atoms with E-state index in [1.165, 1.54) is 5.69 Å². The fraction of sp³-hybridized carbons (Fsp3) is 0.333. The summed E-state index contributed by atoms with van der Waals surface area (Å²) in [6.07, 6.45) is 1.94. The van der Waals surface area contributed by atoms with E-state index in [2.05, 4.69) is 35.2 Å². The molecule has 2 aliphatic rings. The van der Waals surface area contributed by atoms with Crippen molar-refractivity contribution in [2.24, 2.45) is 5.92 Å². The van der Waals surface area contributed by atoms with Crippen LogP contribution in [0.3, 0.4) is 0 Å². The van der Waals surface area contributed by atoms with Crippen LogP contribution in [0.25, 0.3) is 11.1 Å². The van der Waals surface area contributed by atoms with Crippen molar-refractivity contribution in [3.8, 4) is 17.2 Å². The van der Waals surface area contributed by atoms with E-state index < -0.39 is 0 Å². The summed E-state index contributed by atoms with van der Waals surface area (Å²) in [7, 11) is 5.10. The normalized spacial score (nSPS) is 16.2. The van der Waals surface area contributed by atoms with Gasteiger partial charge in [0.25, 0.3) is 0 Å². The molecule has 36 heavy (non-hydrogen) atoms. The number of methoxy groups -OCH3 is 3. The van der Waals surface area contributed by atoms with Gasteiger partial charge in [-0.3, -0.25) is 0 Å². The molecule has 1 fully saturated rings. The van der Waals surface area contributed by atoms with Crippen LogP contribution in [0, 0.1) is 5.92 Å². The molecule has 0 radical (unpaired) electrons. The lowest BCUT2D eigenvalue weighted by Crippen LogP contribution is -2.39. The van der Waals surface area contributed by atoms with Crippen LogP contribution in [0.1, 0.15) is 29.5 Å². The second kappa shape index (κ2) is 10.6. The summed E-state index contributed by atoms with van der Waals surface area (Å²) in [4.78, 5) is 2.43.